The van der Waals surface area contributed by atoms with Crippen molar-refractivity contribution in [1.29, 1.82) is 0 Å². The van der Waals surface area contributed by atoms with Gasteiger partial charge in [-0.05, 0) is 12.1 Å². The SMILES string of the molecule is Cn1nnc(-c2ccc(C(=O)NC34CC(F)(C3)C4)c(F)n2)c1NC(=O)O. The second kappa shape index (κ2) is 5.19. The highest BCUT2D eigenvalue weighted by molar-refractivity contribution is 5.95. The molecule has 3 N–H and O–H groups in total. The molecule has 3 aliphatic rings. The number of carbonyl (C=O) groups is 2. The number of anilines is 1. The van der Waals surface area contributed by atoms with Crippen molar-refractivity contribution in [3.05, 3.63) is 23.6 Å². The van der Waals surface area contributed by atoms with Crippen LogP contribution in [-0.4, -0.2) is 48.3 Å². The normalized spacial score (nSPS) is 25.8. The number of alkyl halides is 1. The topological polar surface area (TPSA) is 122 Å². The van der Waals surface area contributed by atoms with Crippen molar-refractivity contribution < 1.29 is 23.5 Å². The van der Waals surface area contributed by atoms with E-state index in [1.54, 1.807) is 0 Å². The van der Waals surface area contributed by atoms with Gasteiger partial charge in [-0.1, -0.05) is 5.21 Å². The maximum atomic E-state index is 14.3. The molecule has 0 unspecified atom stereocenters. The molecule has 3 fully saturated rings. The minimum absolute atomic E-state index is 0.0173. The van der Waals surface area contributed by atoms with Gasteiger partial charge >= 0.3 is 6.09 Å². The summed E-state index contributed by atoms with van der Waals surface area (Å²) in [7, 11) is 1.46. The first kappa shape index (κ1) is 16.4. The number of carboxylic acid groups (broad SMARTS) is 1. The molecule has 26 heavy (non-hydrogen) atoms. The summed E-state index contributed by atoms with van der Waals surface area (Å²) in [6.45, 7) is 0. The molecule has 9 nitrogen and oxygen atoms in total. The van der Waals surface area contributed by atoms with E-state index in [0.717, 1.165) is 0 Å². The lowest BCUT2D eigenvalue weighted by Gasteiger charge is -2.65. The van der Waals surface area contributed by atoms with Crippen LogP contribution in [0.15, 0.2) is 12.1 Å². The van der Waals surface area contributed by atoms with E-state index >= 15 is 0 Å². The molecule has 5 rings (SSSR count). The summed E-state index contributed by atoms with van der Waals surface area (Å²) in [6.07, 6.45) is -0.578. The zero-order chi connectivity index (χ0) is 18.7. The Balaban J connectivity index is 1.57. The van der Waals surface area contributed by atoms with Crippen molar-refractivity contribution >= 4 is 17.8 Å². The van der Waals surface area contributed by atoms with E-state index in [2.05, 4.69) is 25.9 Å². The third-order valence-corrected chi connectivity index (χ3v) is 4.73. The van der Waals surface area contributed by atoms with Crippen LogP contribution in [0.25, 0.3) is 11.4 Å². The molecule has 0 atom stereocenters. The second-order valence-electron chi connectivity index (χ2n) is 6.79. The summed E-state index contributed by atoms with van der Waals surface area (Å²) in [5.41, 5.74) is -1.97. The van der Waals surface area contributed by atoms with Crippen LogP contribution in [0.4, 0.5) is 19.4 Å². The molecule has 2 heterocycles. The summed E-state index contributed by atoms with van der Waals surface area (Å²) in [6, 6.07) is 2.57. The molecular weight excluding hydrogens is 350 g/mol. The van der Waals surface area contributed by atoms with Gasteiger partial charge in [-0.2, -0.15) is 4.39 Å². The standard InChI is InChI=1S/C15H14F2N6O3/c1-23-11(19-13(25)26)9(21-22-23)8-3-2-7(10(16)18-8)12(24)20-15-4-14(17,5-15)6-15/h2-3,19H,4-6H2,1H3,(H,20,24)(H,25,26). The first-order valence-electron chi connectivity index (χ1n) is 7.78. The first-order chi connectivity index (χ1) is 12.2. The highest BCUT2D eigenvalue weighted by Crippen LogP contribution is 2.62. The molecule has 0 aromatic carbocycles. The highest BCUT2D eigenvalue weighted by atomic mass is 19.1. The summed E-state index contributed by atoms with van der Waals surface area (Å²) < 4.78 is 29.0. The zero-order valence-electron chi connectivity index (χ0n) is 13.6. The number of nitrogens with zero attached hydrogens (tertiary/aromatic N) is 4. The minimum atomic E-state index is -1.34. The molecule has 2 aromatic heterocycles. The monoisotopic (exact) mass is 364 g/mol. The lowest BCUT2D eigenvalue weighted by Crippen LogP contribution is -2.76. The van der Waals surface area contributed by atoms with Crippen LogP contribution in [0.5, 0.6) is 0 Å². The van der Waals surface area contributed by atoms with Gasteiger partial charge in [-0.25, -0.2) is 18.9 Å². The van der Waals surface area contributed by atoms with E-state index in [-0.39, 0.29) is 42.0 Å². The van der Waals surface area contributed by atoms with Crippen LogP contribution in [-0.2, 0) is 7.05 Å². The molecule has 3 saturated carbocycles. The fraction of sp³-hybridized carbons (Fsp3) is 0.400. The Morgan fingerprint density at radius 3 is 2.58 bits per heavy atom. The van der Waals surface area contributed by atoms with Gasteiger partial charge in [0.15, 0.2) is 11.5 Å². The van der Waals surface area contributed by atoms with Crippen molar-refractivity contribution in [2.75, 3.05) is 5.32 Å². The van der Waals surface area contributed by atoms with Crippen molar-refractivity contribution in [3.8, 4) is 11.4 Å². The van der Waals surface area contributed by atoms with Gasteiger partial charge in [0.1, 0.15) is 5.67 Å². The van der Waals surface area contributed by atoms with Crippen LogP contribution < -0.4 is 10.6 Å². The van der Waals surface area contributed by atoms with Crippen LogP contribution in [0.1, 0.15) is 29.6 Å². The fourth-order valence-corrected chi connectivity index (χ4v) is 3.61. The molecule has 0 spiro atoms. The van der Waals surface area contributed by atoms with Gasteiger partial charge in [-0.3, -0.25) is 10.1 Å². The predicted molar refractivity (Wildman–Crippen MR) is 83.7 cm³/mol. The van der Waals surface area contributed by atoms with Crippen molar-refractivity contribution in [3.63, 3.8) is 0 Å². The fourth-order valence-electron chi connectivity index (χ4n) is 3.61. The second-order valence-corrected chi connectivity index (χ2v) is 6.79. The molecule has 2 aromatic rings. The summed E-state index contributed by atoms with van der Waals surface area (Å²) in [5, 5.41) is 21.1. The Bertz CT molecular complexity index is 924. The van der Waals surface area contributed by atoms with E-state index in [0.29, 0.717) is 0 Å². The van der Waals surface area contributed by atoms with E-state index in [1.165, 1.54) is 23.9 Å². The van der Waals surface area contributed by atoms with E-state index in [9.17, 15) is 18.4 Å². The molecular formula is C15H14F2N6O3. The van der Waals surface area contributed by atoms with E-state index in [4.69, 9.17) is 5.11 Å². The average molecular weight is 364 g/mol. The van der Waals surface area contributed by atoms with Crippen LogP contribution in [0, 0.1) is 5.95 Å². The number of aryl methyl sites for hydroxylation is 1. The Hall–Kier alpha value is -3.11. The van der Waals surface area contributed by atoms with Gasteiger partial charge < -0.3 is 10.4 Å². The maximum absolute atomic E-state index is 14.3. The largest absolute Gasteiger partial charge is 0.465 e. The molecule has 136 valence electrons. The average Bonchev–Trinajstić information content (AvgIpc) is 2.85. The third kappa shape index (κ3) is 2.47. The molecule has 0 aliphatic heterocycles. The van der Waals surface area contributed by atoms with Crippen molar-refractivity contribution in [2.45, 2.75) is 30.5 Å². The van der Waals surface area contributed by atoms with E-state index < -0.39 is 29.2 Å². The summed E-state index contributed by atoms with van der Waals surface area (Å²) >= 11 is 0. The number of pyridine rings is 1. The molecule has 11 heteroatoms. The minimum Gasteiger partial charge on any atom is -0.465 e. The lowest BCUT2D eigenvalue weighted by atomic mass is 9.47. The van der Waals surface area contributed by atoms with Crippen molar-refractivity contribution in [1.82, 2.24) is 25.3 Å². The number of aromatic nitrogens is 4. The van der Waals surface area contributed by atoms with Crippen molar-refractivity contribution in [2.24, 2.45) is 7.05 Å². The number of rotatable bonds is 4. The Labute approximate surface area is 145 Å². The Kier molecular flexibility index (Phi) is 3.27. The first-order valence-corrected chi connectivity index (χ1v) is 7.78. The van der Waals surface area contributed by atoms with Crippen LogP contribution >= 0.6 is 0 Å². The number of carbonyl (C=O) groups excluding carboxylic acids is 1. The number of hydrogen-bond acceptors (Lipinski definition) is 5. The van der Waals surface area contributed by atoms with Crippen LogP contribution in [0.2, 0.25) is 0 Å². The molecule has 0 radical (unpaired) electrons. The predicted octanol–water partition coefficient (Wildman–Crippen LogP) is 1.48. The summed E-state index contributed by atoms with van der Waals surface area (Å²) in [5.74, 6) is -1.68. The number of halogens is 2. The zero-order valence-corrected chi connectivity index (χ0v) is 13.6. The van der Waals surface area contributed by atoms with Gasteiger partial charge in [0, 0.05) is 31.8 Å². The molecule has 2 amide bonds. The summed E-state index contributed by atoms with van der Waals surface area (Å²) in [4.78, 5) is 26.8. The Morgan fingerprint density at radius 1 is 1.31 bits per heavy atom. The smallest absolute Gasteiger partial charge is 0.410 e. The third-order valence-electron chi connectivity index (χ3n) is 4.73. The number of nitrogens with one attached hydrogen (secondary N) is 2. The number of amides is 2. The number of hydrogen-bond donors (Lipinski definition) is 3. The van der Waals surface area contributed by atoms with E-state index in [1.807, 2.05) is 0 Å². The van der Waals surface area contributed by atoms with Gasteiger partial charge in [-0.15, -0.1) is 5.10 Å². The quantitative estimate of drug-likeness (QED) is 0.707. The van der Waals surface area contributed by atoms with Gasteiger partial charge in [0.25, 0.3) is 5.91 Å². The maximum Gasteiger partial charge on any atom is 0.410 e. The van der Waals surface area contributed by atoms with Gasteiger partial charge in [0.2, 0.25) is 5.95 Å². The molecule has 0 saturated heterocycles. The van der Waals surface area contributed by atoms with Crippen LogP contribution in [0.3, 0.4) is 0 Å². The van der Waals surface area contributed by atoms with Gasteiger partial charge in [0.05, 0.1) is 11.3 Å². The lowest BCUT2D eigenvalue weighted by molar-refractivity contribution is -0.162. The highest BCUT2D eigenvalue weighted by Gasteiger charge is 2.69. The molecule has 3 aliphatic carbocycles. The molecule has 2 bridgehead atoms. The Morgan fingerprint density at radius 2 is 2.00 bits per heavy atom.